The molecule has 6 rings (SSSR count). The highest BCUT2D eigenvalue weighted by molar-refractivity contribution is 6.36. The molecule has 0 saturated carbocycles. The van der Waals surface area contributed by atoms with E-state index in [2.05, 4.69) is 10.1 Å². The number of fused-ring (bicyclic) bond motifs is 1. The van der Waals surface area contributed by atoms with Crippen molar-refractivity contribution < 1.29 is 17.9 Å². The molecule has 0 amide bonds. The molecule has 0 aliphatic carbocycles. The number of nitrogens with zero attached hydrogens (tertiary/aromatic N) is 4. The van der Waals surface area contributed by atoms with Gasteiger partial charge in [0.05, 0.1) is 28.9 Å². The zero-order valence-corrected chi connectivity index (χ0v) is 24.1. The predicted octanol–water partition coefficient (Wildman–Crippen LogP) is 8.44. The Labute approximate surface area is 251 Å². The highest BCUT2D eigenvalue weighted by Crippen LogP contribution is 2.42. The SMILES string of the molecule is COc1nc2ccc(C(C)(c3ccc(C(F)(F)F)cc3)c3cccnc3)cc2c(Cl)c1Cc1ccc(-n2cccn2)cc1. The van der Waals surface area contributed by atoms with Crippen LogP contribution in [0.4, 0.5) is 13.2 Å². The zero-order valence-electron chi connectivity index (χ0n) is 23.3. The standard InChI is InChI=1S/C34H26ClF3N4O/c1-33(26-5-3-16-39-21-26,23-8-10-24(11-9-23)34(36,37)38)25-12-15-30-28(20-25)31(35)29(32(41-30)43-2)19-22-6-13-27(14-7-22)42-18-4-17-40-42/h3-18,20-21H,19H2,1-2H3. The van der Waals surface area contributed by atoms with Gasteiger partial charge < -0.3 is 4.74 Å². The third-order valence-electron chi connectivity index (χ3n) is 7.86. The fourth-order valence-corrected chi connectivity index (χ4v) is 5.72. The van der Waals surface area contributed by atoms with E-state index < -0.39 is 17.2 Å². The summed E-state index contributed by atoms with van der Waals surface area (Å²) in [6.45, 7) is 1.97. The smallest absolute Gasteiger partial charge is 0.416 e. The molecule has 3 aromatic carbocycles. The van der Waals surface area contributed by atoms with E-state index in [1.807, 2.05) is 73.8 Å². The van der Waals surface area contributed by atoms with Crippen molar-refractivity contribution in [1.29, 1.82) is 0 Å². The summed E-state index contributed by atoms with van der Waals surface area (Å²) >= 11 is 7.10. The molecule has 6 aromatic rings. The fraction of sp³-hybridized carbons (Fsp3) is 0.147. The van der Waals surface area contributed by atoms with E-state index >= 15 is 0 Å². The number of hydrogen-bond donors (Lipinski definition) is 0. The Morgan fingerprint density at radius 1 is 0.837 bits per heavy atom. The van der Waals surface area contributed by atoms with Gasteiger partial charge >= 0.3 is 6.18 Å². The lowest BCUT2D eigenvalue weighted by Crippen LogP contribution is -2.25. The first-order valence-electron chi connectivity index (χ1n) is 13.5. The first-order chi connectivity index (χ1) is 20.7. The van der Waals surface area contributed by atoms with Gasteiger partial charge in [-0.05, 0) is 77.7 Å². The predicted molar refractivity (Wildman–Crippen MR) is 161 cm³/mol. The maximum absolute atomic E-state index is 13.4. The molecule has 3 heterocycles. The van der Waals surface area contributed by atoms with Gasteiger partial charge in [-0.3, -0.25) is 4.98 Å². The van der Waals surface area contributed by atoms with Crippen LogP contribution in [0.5, 0.6) is 5.88 Å². The molecule has 43 heavy (non-hydrogen) atoms. The number of halogens is 4. The second-order valence-corrected chi connectivity index (χ2v) is 10.8. The highest BCUT2D eigenvalue weighted by atomic mass is 35.5. The molecule has 3 aromatic heterocycles. The molecular weight excluding hydrogens is 573 g/mol. The van der Waals surface area contributed by atoms with Gasteiger partial charge in [-0.15, -0.1) is 0 Å². The van der Waals surface area contributed by atoms with Crippen molar-refractivity contribution >= 4 is 22.5 Å². The third kappa shape index (κ3) is 5.34. The molecule has 1 unspecified atom stereocenters. The van der Waals surface area contributed by atoms with E-state index in [0.717, 1.165) is 40.1 Å². The first kappa shape index (κ1) is 28.4. The van der Waals surface area contributed by atoms with E-state index in [9.17, 15) is 13.2 Å². The monoisotopic (exact) mass is 598 g/mol. The molecule has 0 saturated heterocycles. The Balaban J connectivity index is 1.45. The van der Waals surface area contributed by atoms with Gasteiger partial charge in [0.25, 0.3) is 0 Å². The largest absolute Gasteiger partial charge is 0.481 e. The van der Waals surface area contributed by atoms with Crippen molar-refractivity contribution in [1.82, 2.24) is 19.7 Å². The molecule has 0 aliphatic heterocycles. The lowest BCUT2D eigenvalue weighted by molar-refractivity contribution is -0.137. The van der Waals surface area contributed by atoms with Gasteiger partial charge in [0.1, 0.15) is 0 Å². The number of alkyl halides is 3. The summed E-state index contributed by atoms with van der Waals surface area (Å²) in [4.78, 5) is 9.06. The number of ether oxygens (including phenoxy) is 1. The molecule has 1 atom stereocenters. The van der Waals surface area contributed by atoms with Gasteiger partial charge in [-0.2, -0.15) is 18.3 Å². The molecule has 0 N–H and O–H groups in total. The van der Waals surface area contributed by atoms with Gasteiger partial charge in [-0.25, -0.2) is 9.67 Å². The second-order valence-electron chi connectivity index (χ2n) is 10.4. The average molecular weight is 599 g/mol. The van der Waals surface area contributed by atoms with E-state index in [1.54, 1.807) is 30.4 Å². The summed E-state index contributed by atoms with van der Waals surface area (Å²) in [6.07, 6.45) is 3.05. The van der Waals surface area contributed by atoms with Crippen LogP contribution in [0.3, 0.4) is 0 Å². The van der Waals surface area contributed by atoms with Crippen molar-refractivity contribution in [2.24, 2.45) is 0 Å². The molecular formula is C34H26ClF3N4O. The number of rotatable bonds is 7. The molecule has 0 fully saturated rings. The van der Waals surface area contributed by atoms with Crippen LogP contribution < -0.4 is 4.74 Å². The molecule has 0 radical (unpaired) electrons. The van der Waals surface area contributed by atoms with Crippen LogP contribution in [0.1, 0.15) is 40.3 Å². The van der Waals surface area contributed by atoms with E-state index in [1.165, 1.54) is 12.1 Å². The van der Waals surface area contributed by atoms with Gasteiger partial charge in [0, 0.05) is 47.6 Å². The summed E-state index contributed by atoms with van der Waals surface area (Å²) in [5.74, 6) is 0.430. The van der Waals surface area contributed by atoms with Gasteiger partial charge in [0.2, 0.25) is 5.88 Å². The maximum atomic E-state index is 13.4. The number of hydrogen-bond acceptors (Lipinski definition) is 4. The van der Waals surface area contributed by atoms with Crippen molar-refractivity contribution in [2.75, 3.05) is 7.11 Å². The average Bonchev–Trinajstić information content (AvgIpc) is 3.57. The Kier molecular flexibility index (Phi) is 7.40. The number of aromatic nitrogens is 4. The lowest BCUT2D eigenvalue weighted by atomic mass is 9.71. The van der Waals surface area contributed by atoms with Crippen molar-refractivity contribution in [3.05, 3.63) is 148 Å². The summed E-state index contributed by atoms with van der Waals surface area (Å²) in [5, 5.41) is 5.49. The Morgan fingerprint density at radius 3 is 2.19 bits per heavy atom. The molecule has 0 spiro atoms. The fourth-order valence-electron chi connectivity index (χ4n) is 5.42. The van der Waals surface area contributed by atoms with Crippen LogP contribution in [0.15, 0.2) is 110 Å². The first-order valence-corrected chi connectivity index (χ1v) is 13.9. The quantitative estimate of drug-likeness (QED) is 0.185. The van der Waals surface area contributed by atoms with Crippen molar-refractivity contribution in [2.45, 2.75) is 24.9 Å². The minimum Gasteiger partial charge on any atom is -0.481 e. The minimum absolute atomic E-state index is 0.430. The Bertz CT molecular complexity index is 1880. The number of methoxy groups -OCH3 is 1. The van der Waals surface area contributed by atoms with Crippen LogP contribution >= 0.6 is 11.6 Å². The second kappa shape index (κ2) is 11.2. The lowest BCUT2D eigenvalue weighted by Gasteiger charge is -2.32. The zero-order chi connectivity index (χ0) is 30.2. The third-order valence-corrected chi connectivity index (χ3v) is 8.30. The number of pyridine rings is 2. The maximum Gasteiger partial charge on any atom is 0.416 e. The van der Waals surface area contributed by atoms with Gasteiger partial charge in [-0.1, -0.05) is 48.0 Å². The van der Waals surface area contributed by atoms with Crippen LogP contribution in [-0.4, -0.2) is 26.9 Å². The topological polar surface area (TPSA) is 52.8 Å². The van der Waals surface area contributed by atoms with Crippen LogP contribution in [0.25, 0.3) is 16.6 Å². The van der Waals surface area contributed by atoms with E-state index in [4.69, 9.17) is 21.3 Å². The van der Waals surface area contributed by atoms with Gasteiger partial charge in [0.15, 0.2) is 0 Å². The minimum atomic E-state index is -4.43. The van der Waals surface area contributed by atoms with Crippen LogP contribution in [0.2, 0.25) is 5.02 Å². The summed E-state index contributed by atoms with van der Waals surface area (Å²) < 4.78 is 47.6. The van der Waals surface area contributed by atoms with Crippen LogP contribution in [-0.2, 0) is 18.0 Å². The summed E-state index contributed by atoms with van der Waals surface area (Å²) in [5.41, 5.74) is 4.12. The molecule has 0 aliphatic rings. The van der Waals surface area contributed by atoms with Crippen molar-refractivity contribution in [3.8, 4) is 11.6 Å². The summed E-state index contributed by atoms with van der Waals surface area (Å²) in [6, 6.07) is 24.6. The summed E-state index contributed by atoms with van der Waals surface area (Å²) in [7, 11) is 1.56. The Morgan fingerprint density at radius 2 is 1.56 bits per heavy atom. The molecule has 5 nitrogen and oxygen atoms in total. The normalized spacial score (nSPS) is 13.2. The molecule has 0 bridgehead atoms. The highest BCUT2D eigenvalue weighted by Gasteiger charge is 2.35. The molecule has 9 heteroatoms. The molecule has 216 valence electrons. The van der Waals surface area contributed by atoms with E-state index in [0.29, 0.717) is 33.8 Å². The Hall–Kier alpha value is -4.69. The van der Waals surface area contributed by atoms with E-state index in [-0.39, 0.29) is 0 Å². The van der Waals surface area contributed by atoms with Crippen molar-refractivity contribution in [3.63, 3.8) is 0 Å². The van der Waals surface area contributed by atoms with Crippen LogP contribution in [0, 0.1) is 0 Å². The number of benzene rings is 3.